The van der Waals surface area contributed by atoms with Crippen LogP contribution in [0.25, 0.3) is 0 Å². The quantitative estimate of drug-likeness (QED) is 0.779. The van der Waals surface area contributed by atoms with Crippen LogP contribution in [-0.4, -0.2) is 10.7 Å². The molecule has 14 heavy (non-hydrogen) atoms. The third kappa shape index (κ3) is 1.60. The van der Waals surface area contributed by atoms with Crippen molar-refractivity contribution in [3.05, 3.63) is 28.3 Å². The molecule has 0 fully saturated rings. The first-order valence-electron chi connectivity index (χ1n) is 5.42. The van der Waals surface area contributed by atoms with E-state index in [0.717, 1.165) is 0 Å². The monoisotopic (exact) mass is 214 g/mol. The van der Waals surface area contributed by atoms with Crippen LogP contribution in [0.5, 0.6) is 5.75 Å². The molecule has 1 heterocycles. The molecule has 0 unspecified atom stereocenters. The fourth-order valence-electron chi connectivity index (χ4n) is 1.59. The first kappa shape index (κ1) is 7.55. The van der Waals surface area contributed by atoms with E-state index in [1.54, 1.807) is 26.0 Å². The lowest BCUT2D eigenvalue weighted by Gasteiger charge is -2.17. The molecule has 1 aromatic rings. The summed E-state index contributed by atoms with van der Waals surface area (Å²) in [4.78, 5) is 0. The van der Waals surface area contributed by atoms with Crippen LogP contribution in [0.3, 0.4) is 0 Å². The molecule has 2 rings (SSSR count). The van der Waals surface area contributed by atoms with Crippen molar-refractivity contribution in [2.75, 3.05) is 0 Å². The Labute approximate surface area is 91.3 Å². The van der Waals surface area contributed by atoms with Gasteiger partial charge in [-0.15, -0.1) is 0 Å². The first-order chi connectivity index (χ1) is 7.29. The lowest BCUT2D eigenvalue weighted by molar-refractivity contribution is 0.134. The van der Waals surface area contributed by atoms with Gasteiger partial charge in [-0.2, -0.15) is 0 Å². The molecule has 1 aliphatic rings. The molecule has 76 valence electrons. The third-order valence-electron chi connectivity index (χ3n) is 2.09. The Morgan fingerprint density at radius 3 is 3.00 bits per heavy atom. The summed E-state index contributed by atoms with van der Waals surface area (Å²) < 4.78 is 21.7. The van der Waals surface area contributed by atoms with Gasteiger partial charge in [0.15, 0.2) is 0 Å². The normalized spacial score (nSPS) is 23.4. The maximum absolute atomic E-state index is 9.21. The Bertz CT molecular complexity index is 444. The number of ether oxygens (including phenoxy) is 1. The SMILES string of the molecule is [2H]C1([2H])c2cc(Cl)cc(CO)c2OC1(C)C. The summed E-state index contributed by atoms with van der Waals surface area (Å²) in [6.07, 6.45) is -1.61. The van der Waals surface area contributed by atoms with Gasteiger partial charge in [0.05, 0.1) is 6.61 Å². The van der Waals surface area contributed by atoms with E-state index in [1.165, 1.54) is 0 Å². The summed E-state index contributed by atoms with van der Waals surface area (Å²) in [6.45, 7) is 3.15. The Morgan fingerprint density at radius 2 is 2.36 bits per heavy atom. The van der Waals surface area contributed by atoms with Gasteiger partial charge in [0.1, 0.15) is 11.4 Å². The van der Waals surface area contributed by atoms with Gasteiger partial charge in [0.25, 0.3) is 0 Å². The van der Waals surface area contributed by atoms with E-state index in [4.69, 9.17) is 19.1 Å². The molecule has 2 nitrogen and oxygen atoms in total. The van der Waals surface area contributed by atoms with Crippen LogP contribution in [0.15, 0.2) is 12.1 Å². The van der Waals surface area contributed by atoms with Gasteiger partial charge in [-0.05, 0) is 31.5 Å². The van der Waals surface area contributed by atoms with E-state index in [1.807, 2.05) is 0 Å². The van der Waals surface area contributed by atoms with Gasteiger partial charge in [-0.1, -0.05) is 11.6 Å². The number of aliphatic hydroxyl groups excluding tert-OH is 1. The van der Waals surface area contributed by atoms with Gasteiger partial charge in [-0.25, -0.2) is 0 Å². The molecule has 0 spiro atoms. The van der Waals surface area contributed by atoms with E-state index in [-0.39, 0.29) is 6.61 Å². The number of hydrogen-bond acceptors (Lipinski definition) is 2. The summed E-state index contributed by atoms with van der Waals surface area (Å²) in [5.74, 6) is 0.418. The molecule has 0 bridgehead atoms. The van der Waals surface area contributed by atoms with E-state index < -0.39 is 12.0 Å². The fourth-order valence-corrected chi connectivity index (χ4v) is 1.83. The second kappa shape index (κ2) is 3.14. The van der Waals surface area contributed by atoms with E-state index in [0.29, 0.717) is 21.9 Å². The van der Waals surface area contributed by atoms with Crippen molar-refractivity contribution >= 4 is 11.6 Å². The van der Waals surface area contributed by atoms with Crippen molar-refractivity contribution in [1.29, 1.82) is 0 Å². The molecule has 0 radical (unpaired) electrons. The molecule has 1 N–H and O–H groups in total. The number of benzene rings is 1. The summed E-state index contributed by atoms with van der Waals surface area (Å²) in [7, 11) is 0. The average Bonchev–Trinajstić information content (AvgIpc) is 2.35. The molecule has 0 aromatic heterocycles. The zero-order chi connectivity index (χ0) is 12.1. The lowest BCUT2D eigenvalue weighted by atomic mass is 10.0. The van der Waals surface area contributed by atoms with Crippen molar-refractivity contribution < 1.29 is 12.6 Å². The highest BCUT2D eigenvalue weighted by Gasteiger charge is 2.31. The zero-order valence-electron chi connectivity index (χ0n) is 10.1. The Balaban J connectivity index is 2.68. The Morgan fingerprint density at radius 1 is 1.64 bits per heavy atom. The molecule has 3 heteroatoms. The smallest absolute Gasteiger partial charge is 0.129 e. The maximum Gasteiger partial charge on any atom is 0.129 e. The molecule has 0 atom stereocenters. The number of aliphatic hydroxyl groups is 1. The number of hydrogen-bond donors (Lipinski definition) is 1. The third-order valence-corrected chi connectivity index (χ3v) is 2.31. The topological polar surface area (TPSA) is 29.5 Å². The van der Waals surface area contributed by atoms with Crippen LogP contribution in [0, 0.1) is 0 Å². The maximum atomic E-state index is 9.21. The molecule has 0 aliphatic carbocycles. The van der Waals surface area contributed by atoms with Gasteiger partial charge in [0.2, 0.25) is 0 Å². The number of halogens is 1. The zero-order valence-corrected chi connectivity index (χ0v) is 8.85. The van der Waals surface area contributed by atoms with Crippen molar-refractivity contribution in [2.45, 2.75) is 32.4 Å². The van der Waals surface area contributed by atoms with Crippen LogP contribution in [0.1, 0.15) is 27.7 Å². The van der Waals surface area contributed by atoms with Crippen molar-refractivity contribution in [3.8, 4) is 5.75 Å². The second-order valence-corrected chi connectivity index (χ2v) is 4.27. The predicted molar refractivity (Wildman–Crippen MR) is 55.8 cm³/mol. The highest BCUT2D eigenvalue weighted by molar-refractivity contribution is 6.30. The summed E-state index contributed by atoms with van der Waals surface area (Å²) in [6, 6.07) is 3.16. The van der Waals surface area contributed by atoms with Crippen LogP contribution < -0.4 is 4.74 Å². The largest absolute Gasteiger partial charge is 0.487 e. The van der Waals surface area contributed by atoms with Crippen molar-refractivity contribution in [1.82, 2.24) is 0 Å². The fraction of sp³-hybridized carbons (Fsp3) is 0.455. The summed E-state index contributed by atoms with van der Waals surface area (Å²) in [5.41, 5.74) is -0.0183. The van der Waals surface area contributed by atoms with Gasteiger partial charge in [0, 0.05) is 19.7 Å². The molecule has 0 saturated carbocycles. The Hall–Kier alpha value is -0.730. The minimum Gasteiger partial charge on any atom is -0.487 e. The Kier molecular flexibility index (Phi) is 1.69. The highest BCUT2D eigenvalue weighted by atomic mass is 35.5. The van der Waals surface area contributed by atoms with Gasteiger partial charge < -0.3 is 9.84 Å². The van der Waals surface area contributed by atoms with Crippen molar-refractivity contribution in [2.24, 2.45) is 0 Å². The molecular weight excluding hydrogens is 200 g/mol. The molecule has 1 aromatic carbocycles. The second-order valence-electron chi connectivity index (χ2n) is 3.84. The van der Waals surface area contributed by atoms with Crippen LogP contribution >= 0.6 is 11.6 Å². The van der Waals surface area contributed by atoms with Crippen LogP contribution in [-0.2, 0) is 13.0 Å². The summed E-state index contributed by atoms with van der Waals surface area (Å²) >= 11 is 5.89. The van der Waals surface area contributed by atoms with Gasteiger partial charge >= 0.3 is 0 Å². The minimum atomic E-state index is -1.61. The summed E-state index contributed by atoms with van der Waals surface area (Å²) in [5, 5.41) is 9.62. The average molecular weight is 215 g/mol. The number of rotatable bonds is 1. The van der Waals surface area contributed by atoms with E-state index in [9.17, 15) is 5.11 Å². The predicted octanol–water partition coefficient (Wildman–Crippen LogP) is 2.55. The van der Waals surface area contributed by atoms with E-state index >= 15 is 0 Å². The molecule has 0 saturated heterocycles. The van der Waals surface area contributed by atoms with Crippen molar-refractivity contribution in [3.63, 3.8) is 0 Å². The van der Waals surface area contributed by atoms with E-state index in [2.05, 4.69) is 0 Å². The standard InChI is InChI=1S/C11H13ClO2/c1-11(2)5-7-3-9(12)4-8(6-13)10(7)14-11/h3-4,13H,5-6H2,1-2H3/i5D2. The first-order valence-corrected chi connectivity index (χ1v) is 4.80. The van der Waals surface area contributed by atoms with Gasteiger partial charge in [-0.3, -0.25) is 0 Å². The highest BCUT2D eigenvalue weighted by Crippen LogP contribution is 2.39. The van der Waals surface area contributed by atoms with Crippen LogP contribution in [0.2, 0.25) is 5.02 Å². The molecule has 0 amide bonds. The molecule has 1 aliphatic heterocycles. The molecular formula is C11H13ClO2. The minimum absolute atomic E-state index is 0.213. The lowest BCUT2D eigenvalue weighted by Crippen LogP contribution is -2.24. The van der Waals surface area contributed by atoms with Crippen LogP contribution in [0.4, 0.5) is 0 Å². The number of fused-ring (bicyclic) bond motifs is 1.